The van der Waals surface area contributed by atoms with E-state index in [9.17, 15) is 0 Å². The fraction of sp³-hybridized carbons (Fsp3) is 0.600. The highest BCUT2D eigenvalue weighted by Crippen LogP contribution is 2.31. The number of nitrogens with one attached hydrogen (secondary N) is 1. The first kappa shape index (κ1) is 12.2. The van der Waals surface area contributed by atoms with Crippen molar-refractivity contribution in [2.75, 3.05) is 18.1 Å². The van der Waals surface area contributed by atoms with Crippen LogP contribution in [0, 0.1) is 5.92 Å². The Hall–Kier alpha value is 0.780. The molecule has 1 aromatic heterocycles. The van der Waals surface area contributed by atoms with Crippen LogP contribution in [-0.2, 0) is 6.54 Å². The van der Waals surface area contributed by atoms with Gasteiger partial charge in [-0.15, -0.1) is 11.3 Å². The summed E-state index contributed by atoms with van der Waals surface area (Å²) < 4.78 is 1.87. The van der Waals surface area contributed by atoms with Crippen molar-refractivity contribution < 1.29 is 0 Å². The number of thioether (sulfide) groups is 1. The molecule has 1 unspecified atom stereocenters. The maximum absolute atomic E-state index is 5.98. The third kappa shape index (κ3) is 3.63. The minimum Gasteiger partial charge on any atom is -0.312 e. The summed E-state index contributed by atoms with van der Waals surface area (Å²) in [5.74, 6) is 3.53. The Balaban J connectivity index is 1.73. The Morgan fingerprint density at radius 2 is 2.47 bits per heavy atom. The molecule has 1 saturated heterocycles. The summed E-state index contributed by atoms with van der Waals surface area (Å²) in [4.78, 5) is 1.30. The molecule has 0 spiro atoms. The second kappa shape index (κ2) is 5.92. The molecule has 1 atom stereocenters. The van der Waals surface area contributed by atoms with Crippen LogP contribution in [0.5, 0.6) is 0 Å². The predicted octanol–water partition coefficient (Wildman–Crippen LogP) is 4.01. The average Bonchev–Trinajstić information content (AvgIpc) is 2.79. The van der Waals surface area contributed by atoms with Gasteiger partial charge in [0.2, 0.25) is 0 Å². The van der Waals surface area contributed by atoms with Gasteiger partial charge in [0, 0.05) is 15.9 Å². The fourth-order valence-corrected chi connectivity index (χ4v) is 4.67. The number of hydrogen-bond acceptors (Lipinski definition) is 3. The molecule has 1 fully saturated rings. The largest absolute Gasteiger partial charge is 0.312 e. The van der Waals surface area contributed by atoms with Gasteiger partial charge in [-0.2, -0.15) is 11.8 Å². The summed E-state index contributed by atoms with van der Waals surface area (Å²) in [5, 5.41) is 3.50. The molecular formula is C10H13BrClNS2. The molecule has 1 aliphatic heterocycles. The summed E-state index contributed by atoms with van der Waals surface area (Å²) >= 11 is 13.1. The van der Waals surface area contributed by atoms with Gasteiger partial charge in [0.05, 0.1) is 0 Å². The van der Waals surface area contributed by atoms with Gasteiger partial charge in [-0.05, 0) is 52.4 Å². The minimum absolute atomic E-state index is 0.850. The quantitative estimate of drug-likeness (QED) is 0.897. The molecule has 1 N–H and O–H groups in total. The number of hydrogen-bond donors (Lipinski definition) is 1. The van der Waals surface area contributed by atoms with Crippen LogP contribution in [0.3, 0.4) is 0 Å². The van der Waals surface area contributed by atoms with E-state index < -0.39 is 0 Å². The van der Waals surface area contributed by atoms with Gasteiger partial charge in [0.1, 0.15) is 4.34 Å². The molecule has 0 aromatic carbocycles. The second-order valence-corrected chi connectivity index (χ2v) is 7.44. The van der Waals surface area contributed by atoms with Crippen molar-refractivity contribution in [2.24, 2.45) is 5.92 Å². The monoisotopic (exact) mass is 325 g/mol. The van der Waals surface area contributed by atoms with E-state index in [2.05, 4.69) is 39.1 Å². The van der Waals surface area contributed by atoms with E-state index in [-0.39, 0.29) is 0 Å². The maximum Gasteiger partial charge on any atom is 0.107 e. The lowest BCUT2D eigenvalue weighted by Gasteiger charge is -2.08. The van der Waals surface area contributed by atoms with Gasteiger partial charge < -0.3 is 5.32 Å². The van der Waals surface area contributed by atoms with Crippen LogP contribution in [-0.4, -0.2) is 18.1 Å². The van der Waals surface area contributed by atoms with E-state index in [1.165, 1.54) is 22.8 Å². The zero-order chi connectivity index (χ0) is 10.7. The lowest BCUT2D eigenvalue weighted by molar-refractivity contribution is 0.525. The fourth-order valence-electron chi connectivity index (χ4n) is 1.62. The summed E-state index contributed by atoms with van der Waals surface area (Å²) in [6.07, 6.45) is 1.37. The Labute approximate surface area is 112 Å². The van der Waals surface area contributed by atoms with Crippen molar-refractivity contribution in [1.29, 1.82) is 0 Å². The van der Waals surface area contributed by atoms with Crippen molar-refractivity contribution in [3.05, 3.63) is 19.8 Å². The molecule has 15 heavy (non-hydrogen) atoms. The molecule has 2 heterocycles. The van der Waals surface area contributed by atoms with Gasteiger partial charge in [-0.25, -0.2) is 0 Å². The molecular weight excluding hydrogens is 314 g/mol. The molecule has 0 bridgehead atoms. The molecule has 1 nitrogen and oxygen atoms in total. The first-order chi connectivity index (χ1) is 7.25. The van der Waals surface area contributed by atoms with Crippen LogP contribution in [0.25, 0.3) is 0 Å². The van der Waals surface area contributed by atoms with Gasteiger partial charge in [0.15, 0.2) is 0 Å². The Morgan fingerprint density at radius 3 is 3.07 bits per heavy atom. The predicted molar refractivity (Wildman–Crippen MR) is 74.2 cm³/mol. The summed E-state index contributed by atoms with van der Waals surface area (Å²) in [6.45, 7) is 2.08. The molecule has 84 valence electrons. The van der Waals surface area contributed by atoms with Crippen LogP contribution in [0.1, 0.15) is 11.3 Å². The average molecular weight is 327 g/mol. The van der Waals surface area contributed by atoms with Gasteiger partial charge in [-0.3, -0.25) is 0 Å². The Morgan fingerprint density at radius 1 is 1.60 bits per heavy atom. The van der Waals surface area contributed by atoms with Crippen LogP contribution < -0.4 is 5.32 Å². The standard InChI is InChI=1S/C10H13BrClNS2/c11-9-3-8(15-10(9)12)5-13-4-7-1-2-14-6-7/h3,7,13H,1-2,4-6H2. The van der Waals surface area contributed by atoms with Crippen LogP contribution in [0.15, 0.2) is 10.5 Å². The zero-order valence-corrected chi connectivity index (χ0v) is 12.2. The summed E-state index contributed by atoms with van der Waals surface area (Å²) in [6, 6.07) is 2.10. The highest BCUT2D eigenvalue weighted by atomic mass is 79.9. The molecule has 1 aliphatic rings. The molecule has 0 aliphatic carbocycles. The van der Waals surface area contributed by atoms with E-state index in [1.54, 1.807) is 11.3 Å². The van der Waals surface area contributed by atoms with Crippen molar-refractivity contribution in [1.82, 2.24) is 5.32 Å². The van der Waals surface area contributed by atoms with Crippen molar-refractivity contribution in [3.63, 3.8) is 0 Å². The molecule has 0 radical (unpaired) electrons. The first-order valence-corrected chi connectivity index (χ1v) is 8.12. The molecule has 5 heteroatoms. The van der Waals surface area contributed by atoms with Crippen LogP contribution in [0.4, 0.5) is 0 Å². The smallest absolute Gasteiger partial charge is 0.107 e. The second-order valence-electron chi connectivity index (χ2n) is 3.69. The van der Waals surface area contributed by atoms with Gasteiger partial charge >= 0.3 is 0 Å². The number of thiophene rings is 1. The van der Waals surface area contributed by atoms with Crippen molar-refractivity contribution >= 4 is 50.6 Å². The zero-order valence-electron chi connectivity index (χ0n) is 8.26. The third-order valence-corrected chi connectivity index (χ3v) is 6.16. The highest BCUT2D eigenvalue weighted by Gasteiger charge is 2.14. The first-order valence-electron chi connectivity index (χ1n) is 4.98. The molecule has 0 saturated carbocycles. The SMILES string of the molecule is Clc1sc(CNCC2CCSC2)cc1Br. The van der Waals surface area contributed by atoms with E-state index >= 15 is 0 Å². The normalized spacial score (nSPS) is 21.1. The molecule has 0 amide bonds. The van der Waals surface area contributed by atoms with Crippen LogP contribution >= 0.6 is 50.6 Å². The van der Waals surface area contributed by atoms with Gasteiger partial charge in [-0.1, -0.05) is 11.6 Å². The lowest BCUT2D eigenvalue weighted by Crippen LogP contribution is -2.21. The Kier molecular flexibility index (Phi) is 4.83. The molecule has 2 rings (SSSR count). The highest BCUT2D eigenvalue weighted by molar-refractivity contribution is 9.10. The number of rotatable bonds is 4. The van der Waals surface area contributed by atoms with E-state index in [4.69, 9.17) is 11.6 Å². The summed E-state index contributed by atoms with van der Waals surface area (Å²) in [5.41, 5.74) is 0. The topological polar surface area (TPSA) is 12.0 Å². The van der Waals surface area contributed by atoms with Crippen molar-refractivity contribution in [2.45, 2.75) is 13.0 Å². The Bertz CT molecular complexity index is 304. The summed E-state index contributed by atoms with van der Waals surface area (Å²) in [7, 11) is 0. The van der Waals surface area contributed by atoms with Crippen molar-refractivity contribution in [3.8, 4) is 0 Å². The van der Waals surface area contributed by atoms with Gasteiger partial charge in [0.25, 0.3) is 0 Å². The van der Waals surface area contributed by atoms with Crippen LogP contribution in [0.2, 0.25) is 4.34 Å². The molecule has 1 aromatic rings. The lowest BCUT2D eigenvalue weighted by atomic mass is 10.1. The maximum atomic E-state index is 5.98. The van der Waals surface area contributed by atoms with E-state index in [0.29, 0.717) is 0 Å². The van der Waals surface area contributed by atoms with E-state index in [1.807, 2.05) is 0 Å². The van der Waals surface area contributed by atoms with E-state index in [0.717, 1.165) is 27.8 Å². The number of halogens is 2. The minimum atomic E-state index is 0.850. The third-order valence-electron chi connectivity index (χ3n) is 2.45.